The molecule has 1 aromatic carbocycles. The van der Waals surface area contributed by atoms with Crippen LogP contribution in [-0.4, -0.2) is 35.8 Å². The lowest BCUT2D eigenvalue weighted by molar-refractivity contribution is 0.0372. The first-order valence-corrected chi connectivity index (χ1v) is 7.06. The van der Waals surface area contributed by atoms with Crippen LogP contribution in [0.2, 0.25) is 0 Å². The highest BCUT2D eigenvalue weighted by Gasteiger charge is 2.25. The molecule has 0 saturated carbocycles. The number of aromatic carboxylic acids is 1. The zero-order chi connectivity index (χ0) is 16.4. The second kappa shape index (κ2) is 6.29. The molecule has 0 aliphatic carbocycles. The first-order chi connectivity index (χ1) is 11.0. The van der Waals surface area contributed by atoms with Gasteiger partial charge in [-0.3, -0.25) is 0 Å². The van der Waals surface area contributed by atoms with Crippen molar-refractivity contribution < 1.29 is 23.4 Å². The molecule has 1 unspecified atom stereocenters. The lowest BCUT2D eigenvalue weighted by Crippen LogP contribution is -2.39. The highest BCUT2D eigenvalue weighted by Crippen LogP contribution is 2.27. The van der Waals surface area contributed by atoms with Crippen LogP contribution in [0.1, 0.15) is 22.2 Å². The molecule has 2 aromatic rings. The maximum atomic E-state index is 13.9. The van der Waals surface area contributed by atoms with Crippen LogP contribution in [0.4, 0.5) is 14.6 Å². The first kappa shape index (κ1) is 15.4. The van der Waals surface area contributed by atoms with E-state index in [0.29, 0.717) is 25.5 Å². The Morgan fingerprint density at radius 2 is 2.13 bits per heavy atom. The fourth-order valence-corrected chi connectivity index (χ4v) is 2.53. The monoisotopic (exact) mass is 320 g/mol. The summed E-state index contributed by atoms with van der Waals surface area (Å²) in [5, 5.41) is 9.01. The van der Waals surface area contributed by atoms with Crippen molar-refractivity contribution in [1.82, 2.24) is 4.98 Å². The molecule has 2 heterocycles. The van der Waals surface area contributed by atoms with Crippen LogP contribution in [0.5, 0.6) is 0 Å². The number of rotatable bonds is 3. The summed E-state index contributed by atoms with van der Waals surface area (Å²) in [6.07, 6.45) is -0.570. The molecule has 1 aromatic heterocycles. The molecule has 120 valence electrons. The Morgan fingerprint density at radius 1 is 1.30 bits per heavy atom. The number of aromatic nitrogens is 1. The van der Waals surface area contributed by atoms with E-state index in [1.54, 1.807) is 12.1 Å². The average Bonchev–Trinajstić information content (AvgIpc) is 2.55. The number of carboxylic acids is 1. The van der Waals surface area contributed by atoms with Gasteiger partial charge >= 0.3 is 5.97 Å². The zero-order valence-corrected chi connectivity index (χ0v) is 12.1. The molecule has 1 aliphatic heterocycles. The second-order valence-electron chi connectivity index (χ2n) is 5.16. The second-order valence-corrected chi connectivity index (χ2v) is 5.16. The summed E-state index contributed by atoms with van der Waals surface area (Å²) >= 11 is 0. The van der Waals surface area contributed by atoms with Gasteiger partial charge in [0.25, 0.3) is 0 Å². The molecular formula is C16H14F2N2O3. The number of anilines is 1. The molecule has 23 heavy (non-hydrogen) atoms. The average molecular weight is 320 g/mol. The van der Waals surface area contributed by atoms with Crippen molar-refractivity contribution in [3.8, 4) is 0 Å². The van der Waals surface area contributed by atoms with Crippen molar-refractivity contribution in [2.75, 3.05) is 24.6 Å². The number of hydrogen-bond donors (Lipinski definition) is 1. The SMILES string of the molecule is O=C(O)c1cccc(N2CCOC(c3ccc(F)cc3F)C2)n1. The Labute approximate surface area is 131 Å². The number of ether oxygens (including phenoxy) is 1. The molecule has 1 fully saturated rings. The Balaban J connectivity index is 1.83. The van der Waals surface area contributed by atoms with E-state index in [4.69, 9.17) is 9.84 Å². The number of carbonyl (C=O) groups is 1. The number of morpholine rings is 1. The number of hydrogen-bond acceptors (Lipinski definition) is 4. The number of halogens is 2. The van der Waals surface area contributed by atoms with E-state index < -0.39 is 23.7 Å². The van der Waals surface area contributed by atoms with Gasteiger partial charge in [-0.25, -0.2) is 18.6 Å². The molecule has 0 spiro atoms. The van der Waals surface area contributed by atoms with Gasteiger partial charge in [-0.15, -0.1) is 0 Å². The smallest absolute Gasteiger partial charge is 0.354 e. The molecule has 3 rings (SSSR count). The van der Waals surface area contributed by atoms with Crippen molar-refractivity contribution in [3.63, 3.8) is 0 Å². The maximum absolute atomic E-state index is 13.9. The minimum Gasteiger partial charge on any atom is -0.477 e. The van der Waals surface area contributed by atoms with Gasteiger partial charge in [0.15, 0.2) is 5.69 Å². The maximum Gasteiger partial charge on any atom is 0.354 e. The third kappa shape index (κ3) is 3.29. The summed E-state index contributed by atoms with van der Waals surface area (Å²) in [5.74, 6) is -1.93. The van der Waals surface area contributed by atoms with E-state index in [-0.39, 0.29) is 11.3 Å². The normalized spacial score (nSPS) is 18.0. The van der Waals surface area contributed by atoms with E-state index in [1.165, 1.54) is 18.2 Å². The lowest BCUT2D eigenvalue weighted by atomic mass is 10.1. The molecule has 1 atom stereocenters. The van der Waals surface area contributed by atoms with Gasteiger partial charge in [0, 0.05) is 24.7 Å². The van der Waals surface area contributed by atoms with Crippen molar-refractivity contribution in [3.05, 3.63) is 59.3 Å². The van der Waals surface area contributed by atoms with Crippen LogP contribution in [0, 0.1) is 11.6 Å². The number of nitrogens with zero attached hydrogens (tertiary/aromatic N) is 2. The predicted molar refractivity (Wildman–Crippen MR) is 78.5 cm³/mol. The molecule has 0 radical (unpaired) electrons. The van der Waals surface area contributed by atoms with Crippen molar-refractivity contribution in [2.24, 2.45) is 0 Å². The summed E-state index contributed by atoms with van der Waals surface area (Å²) in [6.45, 7) is 1.15. The molecule has 7 heteroatoms. The number of benzene rings is 1. The van der Waals surface area contributed by atoms with E-state index in [9.17, 15) is 13.6 Å². The largest absolute Gasteiger partial charge is 0.477 e. The number of pyridine rings is 1. The quantitative estimate of drug-likeness (QED) is 0.942. The molecular weight excluding hydrogens is 306 g/mol. The predicted octanol–water partition coefficient (Wildman–Crippen LogP) is 2.64. The summed E-state index contributed by atoms with van der Waals surface area (Å²) in [6, 6.07) is 8.07. The molecule has 0 amide bonds. The van der Waals surface area contributed by atoms with Crippen LogP contribution in [0.15, 0.2) is 36.4 Å². The minimum absolute atomic E-state index is 0.0569. The van der Waals surface area contributed by atoms with Crippen molar-refractivity contribution >= 4 is 11.8 Å². The van der Waals surface area contributed by atoms with Gasteiger partial charge in [0.05, 0.1) is 6.61 Å². The fourth-order valence-electron chi connectivity index (χ4n) is 2.53. The van der Waals surface area contributed by atoms with Crippen LogP contribution in [0.25, 0.3) is 0 Å². The van der Waals surface area contributed by atoms with Crippen LogP contribution in [0.3, 0.4) is 0 Å². The van der Waals surface area contributed by atoms with Crippen LogP contribution < -0.4 is 4.90 Å². The van der Waals surface area contributed by atoms with Crippen molar-refractivity contribution in [1.29, 1.82) is 0 Å². The first-order valence-electron chi connectivity index (χ1n) is 7.06. The highest BCUT2D eigenvalue weighted by molar-refractivity contribution is 5.85. The molecule has 1 aliphatic rings. The van der Waals surface area contributed by atoms with E-state index in [1.807, 2.05) is 4.90 Å². The Morgan fingerprint density at radius 3 is 2.87 bits per heavy atom. The van der Waals surface area contributed by atoms with Gasteiger partial charge in [0.1, 0.15) is 23.6 Å². The molecule has 5 nitrogen and oxygen atoms in total. The fraction of sp³-hybridized carbons (Fsp3) is 0.250. The van der Waals surface area contributed by atoms with Crippen LogP contribution >= 0.6 is 0 Å². The van der Waals surface area contributed by atoms with E-state index in [0.717, 1.165) is 6.07 Å². The summed E-state index contributed by atoms with van der Waals surface area (Å²) in [5.41, 5.74) is 0.212. The summed E-state index contributed by atoms with van der Waals surface area (Å²) in [4.78, 5) is 16.9. The minimum atomic E-state index is -1.11. The van der Waals surface area contributed by atoms with Gasteiger partial charge in [-0.05, 0) is 18.2 Å². The molecule has 1 saturated heterocycles. The zero-order valence-electron chi connectivity index (χ0n) is 12.1. The van der Waals surface area contributed by atoms with Gasteiger partial charge in [-0.1, -0.05) is 12.1 Å². The van der Waals surface area contributed by atoms with Gasteiger partial charge in [0.2, 0.25) is 0 Å². The topological polar surface area (TPSA) is 62.7 Å². The van der Waals surface area contributed by atoms with Crippen molar-refractivity contribution in [2.45, 2.75) is 6.10 Å². The third-order valence-corrected chi connectivity index (χ3v) is 3.65. The summed E-state index contributed by atoms with van der Waals surface area (Å²) in [7, 11) is 0. The van der Waals surface area contributed by atoms with Crippen LogP contribution in [-0.2, 0) is 4.74 Å². The Bertz CT molecular complexity index is 739. The third-order valence-electron chi connectivity index (χ3n) is 3.65. The Hall–Kier alpha value is -2.54. The van der Waals surface area contributed by atoms with E-state index >= 15 is 0 Å². The highest BCUT2D eigenvalue weighted by atomic mass is 19.1. The lowest BCUT2D eigenvalue weighted by Gasteiger charge is -2.34. The Kier molecular flexibility index (Phi) is 4.20. The number of carboxylic acid groups (broad SMARTS) is 1. The molecule has 1 N–H and O–H groups in total. The van der Waals surface area contributed by atoms with Gasteiger partial charge < -0.3 is 14.7 Å². The standard InChI is InChI=1S/C16H14F2N2O3/c17-10-4-5-11(12(18)8-10)14-9-20(6-7-23-14)15-3-1-2-13(19-15)16(21)22/h1-5,8,14H,6-7,9H2,(H,21,22). The molecule has 0 bridgehead atoms. The van der Waals surface area contributed by atoms with Gasteiger partial charge in [-0.2, -0.15) is 0 Å². The van der Waals surface area contributed by atoms with E-state index in [2.05, 4.69) is 4.98 Å². The summed E-state index contributed by atoms with van der Waals surface area (Å²) < 4.78 is 32.5.